The van der Waals surface area contributed by atoms with E-state index in [-0.39, 0.29) is 5.92 Å². The number of nitrogens with one attached hydrogen (secondary N) is 1. The van der Waals surface area contributed by atoms with E-state index in [0.29, 0.717) is 5.56 Å². The van der Waals surface area contributed by atoms with Crippen molar-refractivity contribution in [3.63, 3.8) is 0 Å². The van der Waals surface area contributed by atoms with E-state index in [1.807, 2.05) is 18.2 Å². The van der Waals surface area contributed by atoms with Gasteiger partial charge in [0.15, 0.2) is 5.65 Å². The van der Waals surface area contributed by atoms with Gasteiger partial charge >= 0.3 is 0 Å². The molecule has 0 radical (unpaired) electrons. The average Bonchev–Trinajstić information content (AvgIpc) is 3.11. The van der Waals surface area contributed by atoms with E-state index in [0.717, 1.165) is 73.5 Å². The molecule has 2 aliphatic rings. The van der Waals surface area contributed by atoms with Gasteiger partial charge < -0.3 is 10.2 Å². The Hall–Kier alpha value is -3.09. The first kappa shape index (κ1) is 16.1. The standard InChI is InChI=1S/C21H20N6/c22-11-14-6-9-26(10-7-14)21-17-13-24-8-5-15(17)16(12-23)20-25-18-3-1-2-4-19(18)27(20)21/h1-4,14,24H,5-10,13H2. The van der Waals surface area contributed by atoms with Crippen LogP contribution in [-0.4, -0.2) is 29.0 Å². The second-order valence-electron chi connectivity index (χ2n) is 7.34. The minimum Gasteiger partial charge on any atom is -0.357 e. The zero-order valence-corrected chi connectivity index (χ0v) is 15.1. The van der Waals surface area contributed by atoms with Crippen LogP contribution in [0.2, 0.25) is 0 Å². The van der Waals surface area contributed by atoms with Gasteiger partial charge in [-0.1, -0.05) is 12.1 Å². The Morgan fingerprint density at radius 1 is 1.11 bits per heavy atom. The van der Waals surface area contributed by atoms with E-state index in [9.17, 15) is 10.5 Å². The maximum absolute atomic E-state index is 9.91. The molecule has 6 nitrogen and oxygen atoms in total. The van der Waals surface area contributed by atoms with Crippen LogP contribution < -0.4 is 10.2 Å². The maximum atomic E-state index is 9.91. The molecule has 6 heteroatoms. The normalized spacial score (nSPS) is 17.6. The van der Waals surface area contributed by atoms with Crippen molar-refractivity contribution in [2.45, 2.75) is 25.8 Å². The number of piperidine rings is 1. The molecule has 1 saturated heterocycles. The van der Waals surface area contributed by atoms with Gasteiger partial charge in [0.2, 0.25) is 0 Å². The Balaban J connectivity index is 1.83. The third-order valence-corrected chi connectivity index (χ3v) is 5.87. The van der Waals surface area contributed by atoms with Gasteiger partial charge in [-0.05, 0) is 43.5 Å². The summed E-state index contributed by atoms with van der Waals surface area (Å²) >= 11 is 0. The summed E-state index contributed by atoms with van der Waals surface area (Å²) < 4.78 is 2.17. The third-order valence-electron chi connectivity index (χ3n) is 5.87. The summed E-state index contributed by atoms with van der Waals surface area (Å²) in [4.78, 5) is 7.21. The summed E-state index contributed by atoms with van der Waals surface area (Å²) in [7, 11) is 0. The summed E-state index contributed by atoms with van der Waals surface area (Å²) in [5.41, 5.74) is 5.77. The fourth-order valence-corrected chi connectivity index (χ4v) is 4.52. The van der Waals surface area contributed by atoms with Gasteiger partial charge in [-0.3, -0.25) is 4.40 Å². The van der Waals surface area contributed by atoms with Crippen LogP contribution in [0.5, 0.6) is 0 Å². The number of anilines is 1. The molecular formula is C21H20N6. The Labute approximate surface area is 157 Å². The minimum absolute atomic E-state index is 0.142. The van der Waals surface area contributed by atoms with Crippen LogP contribution in [0.15, 0.2) is 24.3 Å². The molecule has 0 aliphatic carbocycles. The Morgan fingerprint density at radius 3 is 2.70 bits per heavy atom. The molecule has 5 rings (SSSR count). The first-order valence-electron chi connectivity index (χ1n) is 9.52. The molecule has 0 atom stereocenters. The molecule has 0 spiro atoms. The van der Waals surface area contributed by atoms with Crippen LogP contribution in [0, 0.1) is 28.6 Å². The number of rotatable bonds is 1. The molecule has 2 aromatic heterocycles. The van der Waals surface area contributed by atoms with E-state index < -0.39 is 0 Å². The number of hydrogen-bond donors (Lipinski definition) is 1. The first-order valence-corrected chi connectivity index (χ1v) is 9.52. The molecule has 2 aliphatic heterocycles. The van der Waals surface area contributed by atoms with Crippen molar-refractivity contribution in [3.05, 3.63) is 41.0 Å². The van der Waals surface area contributed by atoms with Crippen molar-refractivity contribution >= 4 is 22.5 Å². The van der Waals surface area contributed by atoms with Gasteiger partial charge in [0.05, 0.1) is 22.7 Å². The number of nitrogens with zero attached hydrogens (tertiary/aromatic N) is 5. The number of nitriles is 2. The van der Waals surface area contributed by atoms with Crippen molar-refractivity contribution in [1.29, 1.82) is 10.5 Å². The van der Waals surface area contributed by atoms with Crippen molar-refractivity contribution in [3.8, 4) is 12.1 Å². The molecule has 27 heavy (non-hydrogen) atoms. The molecule has 134 valence electrons. The topological polar surface area (TPSA) is 80.2 Å². The smallest absolute Gasteiger partial charge is 0.157 e. The van der Waals surface area contributed by atoms with E-state index >= 15 is 0 Å². The number of aromatic nitrogens is 2. The van der Waals surface area contributed by atoms with Crippen LogP contribution in [0.4, 0.5) is 5.82 Å². The predicted molar refractivity (Wildman–Crippen MR) is 103 cm³/mol. The molecule has 0 saturated carbocycles. The summed E-state index contributed by atoms with van der Waals surface area (Å²) in [5.74, 6) is 1.29. The van der Waals surface area contributed by atoms with Crippen LogP contribution in [0.25, 0.3) is 16.7 Å². The van der Waals surface area contributed by atoms with Crippen molar-refractivity contribution in [2.75, 3.05) is 24.5 Å². The summed E-state index contributed by atoms with van der Waals surface area (Å²) in [6, 6.07) is 12.9. The van der Waals surface area contributed by atoms with E-state index in [1.54, 1.807) is 0 Å². The third kappa shape index (κ3) is 2.38. The molecule has 1 N–H and O–H groups in total. The lowest BCUT2D eigenvalue weighted by Crippen LogP contribution is -2.37. The Kier molecular flexibility index (Phi) is 3.74. The zero-order valence-electron chi connectivity index (χ0n) is 15.1. The highest BCUT2D eigenvalue weighted by molar-refractivity contribution is 5.86. The monoisotopic (exact) mass is 356 g/mol. The van der Waals surface area contributed by atoms with E-state index in [2.05, 4.69) is 32.8 Å². The van der Waals surface area contributed by atoms with Crippen LogP contribution in [0.3, 0.4) is 0 Å². The summed E-state index contributed by atoms with van der Waals surface area (Å²) in [6.45, 7) is 3.37. The Morgan fingerprint density at radius 2 is 1.93 bits per heavy atom. The second-order valence-corrected chi connectivity index (χ2v) is 7.34. The SMILES string of the molecule is N#Cc1c2c(c(N3CCC(C#N)CC3)n3c1nc1ccccc13)CNCC2. The molecular weight excluding hydrogens is 336 g/mol. The summed E-state index contributed by atoms with van der Waals surface area (Å²) in [6.07, 6.45) is 2.61. The predicted octanol–water partition coefficient (Wildman–Crippen LogP) is 2.74. The highest BCUT2D eigenvalue weighted by Gasteiger charge is 2.29. The van der Waals surface area contributed by atoms with Crippen LogP contribution in [0.1, 0.15) is 29.5 Å². The van der Waals surface area contributed by atoms with Gasteiger partial charge in [-0.25, -0.2) is 4.98 Å². The minimum atomic E-state index is 0.142. The quantitative estimate of drug-likeness (QED) is 0.725. The number of hydrogen-bond acceptors (Lipinski definition) is 5. The first-order chi connectivity index (χ1) is 13.3. The highest BCUT2D eigenvalue weighted by Crippen LogP contribution is 2.36. The molecule has 0 unspecified atom stereocenters. The number of benzene rings is 1. The van der Waals surface area contributed by atoms with E-state index in [1.165, 1.54) is 5.56 Å². The lowest BCUT2D eigenvalue weighted by molar-refractivity contribution is 0.482. The molecule has 0 amide bonds. The van der Waals surface area contributed by atoms with Gasteiger partial charge in [-0.15, -0.1) is 0 Å². The number of fused-ring (bicyclic) bond motifs is 4. The lowest BCUT2D eigenvalue weighted by atomic mass is 9.94. The summed E-state index contributed by atoms with van der Waals surface area (Å²) in [5, 5.41) is 22.6. The number of para-hydroxylation sites is 2. The molecule has 1 aromatic carbocycles. The largest absolute Gasteiger partial charge is 0.357 e. The van der Waals surface area contributed by atoms with Gasteiger partial charge in [0.1, 0.15) is 11.9 Å². The second kappa shape index (κ2) is 6.26. The van der Waals surface area contributed by atoms with Crippen molar-refractivity contribution in [2.24, 2.45) is 5.92 Å². The van der Waals surface area contributed by atoms with Crippen LogP contribution >= 0.6 is 0 Å². The number of imidazole rings is 1. The zero-order chi connectivity index (χ0) is 18.4. The fourth-order valence-electron chi connectivity index (χ4n) is 4.52. The van der Waals surface area contributed by atoms with Crippen LogP contribution in [-0.2, 0) is 13.0 Å². The van der Waals surface area contributed by atoms with Crippen molar-refractivity contribution in [1.82, 2.24) is 14.7 Å². The molecule has 3 aromatic rings. The Bertz CT molecular complexity index is 1120. The molecule has 4 heterocycles. The number of pyridine rings is 1. The van der Waals surface area contributed by atoms with Gasteiger partial charge in [0.25, 0.3) is 0 Å². The highest BCUT2D eigenvalue weighted by atomic mass is 15.2. The average molecular weight is 356 g/mol. The fraction of sp³-hybridized carbons (Fsp3) is 0.381. The van der Waals surface area contributed by atoms with Gasteiger partial charge in [0, 0.05) is 31.1 Å². The van der Waals surface area contributed by atoms with Gasteiger partial charge in [-0.2, -0.15) is 10.5 Å². The molecule has 0 bridgehead atoms. The molecule has 1 fully saturated rings. The van der Waals surface area contributed by atoms with E-state index in [4.69, 9.17) is 4.98 Å². The lowest BCUT2D eigenvalue weighted by Gasteiger charge is -2.35. The van der Waals surface area contributed by atoms with Crippen molar-refractivity contribution < 1.29 is 0 Å². The maximum Gasteiger partial charge on any atom is 0.157 e.